The first-order valence-corrected chi connectivity index (χ1v) is 6.36. The number of carboxylic acids is 2. The summed E-state index contributed by atoms with van der Waals surface area (Å²) in [6, 6.07) is 4.24. The molecule has 1 rings (SSSR count). The average Bonchev–Trinajstić information content (AvgIpc) is 2.37. The first-order chi connectivity index (χ1) is 8.99. The van der Waals surface area contributed by atoms with Gasteiger partial charge in [0.25, 0.3) is 0 Å². The van der Waals surface area contributed by atoms with Crippen LogP contribution in [0.5, 0.6) is 0 Å². The minimum absolute atomic E-state index is 0.00658. The second kappa shape index (κ2) is 6.78. The van der Waals surface area contributed by atoms with Gasteiger partial charge in [-0.25, -0.2) is 9.59 Å². The SMILES string of the molecule is CCCN(CCC)c1cc(C(=O)O)cc(C(=O)O)c1. The van der Waals surface area contributed by atoms with Gasteiger partial charge in [0.15, 0.2) is 0 Å². The van der Waals surface area contributed by atoms with E-state index in [1.54, 1.807) is 0 Å². The van der Waals surface area contributed by atoms with Crippen LogP contribution in [0.4, 0.5) is 5.69 Å². The van der Waals surface area contributed by atoms with Crippen molar-refractivity contribution in [3.8, 4) is 0 Å². The lowest BCUT2D eigenvalue weighted by Crippen LogP contribution is -2.25. The van der Waals surface area contributed by atoms with Crippen LogP contribution >= 0.6 is 0 Å². The van der Waals surface area contributed by atoms with Gasteiger partial charge in [-0.15, -0.1) is 0 Å². The van der Waals surface area contributed by atoms with Gasteiger partial charge in [0.05, 0.1) is 11.1 Å². The van der Waals surface area contributed by atoms with Gasteiger partial charge >= 0.3 is 11.9 Å². The molecule has 0 spiro atoms. The number of rotatable bonds is 7. The standard InChI is InChI=1S/C14H19NO4/c1-3-5-15(6-4-2)12-8-10(13(16)17)7-11(9-12)14(18)19/h7-9H,3-6H2,1-2H3,(H,16,17)(H,18,19). The van der Waals surface area contributed by atoms with E-state index in [2.05, 4.69) is 0 Å². The third kappa shape index (κ3) is 3.98. The molecular weight excluding hydrogens is 246 g/mol. The van der Waals surface area contributed by atoms with Crippen molar-refractivity contribution >= 4 is 17.6 Å². The summed E-state index contributed by atoms with van der Waals surface area (Å²) in [7, 11) is 0. The Bertz CT molecular complexity index is 432. The van der Waals surface area contributed by atoms with Crippen molar-refractivity contribution in [3.63, 3.8) is 0 Å². The zero-order chi connectivity index (χ0) is 14.4. The summed E-state index contributed by atoms with van der Waals surface area (Å²) in [5, 5.41) is 18.1. The summed E-state index contributed by atoms with van der Waals surface area (Å²) in [6.07, 6.45) is 1.83. The molecule has 0 fully saturated rings. The van der Waals surface area contributed by atoms with Crippen LogP contribution in [0.3, 0.4) is 0 Å². The van der Waals surface area contributed by atoms with Crippen LogP contribution in [0, 0.1) is 0 Å². The van der Waals surface area contributed by atoms with Crippen LogP contribution in [-0.4, -0.2) is 35.2 Å². The van der Waals surface area contributed by atoms with Crippen LogP contribution < -0.4 is 4.90 Å². The lowest BCUT2D eigenvalue weighted by molar-refractivity contribution is 0.0696. The number of aromatic carboxylic acids is 2. The maximum absolute atomic E-state index is 11.1. The van der Waals surface area contributed by atoms with E-state index in [9.17, 15) is 9.59 Å². The van der Waals surface area contributed by atoms with Crippen molar-refractivity contribution in [2.75, 3.05) is 18.0 Å². The van der Waals surface area contributed by atoms with E-state index in [1.165, 1.54) is 18.2 Å². The molecule has 2 N–H and O–H groups in total. The second-order valence-electron chi connectivity index (χ2n) is 4.37. The third-order valence-electron chi connectivity index (χ3n) is 2.76. The first-order valence-electron chi connectivity index (χ1n) is 6.36. The molecule has 0 saturated carbocycles. The number of carbonyl (C=O) groups is 2. The van der Waals surface area contributed by atoms with Crippen LogP contribution in [0.1, 0.15) is 47.4 Å². The quantitative estimate of drug-likeness (QED) is 0.792. The average molecular weight is 265 g/mol. The van der Waals surface area contributed by atoms with Crippen LogP contribution in [0.15, 0.2) is 18.2 Å². The molecule has 0 aliphatic heterocycles. The molecule has 0 amide bonds. The van der Waals surface area contributed by atoms with Crippen molar-refractivity contribution in [3.05, 3.63) is 29.3 Å². The lowest BCUT2D eigenvalue weighted by atomic mass is 10.1. The smallest absolute Gasteiger partial charge is 0.335 e. The number of nitrogens with zero attached hydrogens (tertiary/aromatic N) is 1. The molecule has 0 aromatic heterocycles. The molecule has 0 saturated heterocycles. The van der Waals surface area contributed by atoms with Crippen molar-refractivity contribution in [1.29, 1.82) is 0 Å². The molecular formula is C14H19NO4. The lowest BCUT2D eigenvalue weighted by Gasteiger charge is -2.24. The molecule has 0 atom stereocenters. The molecule has 5 heteroatoms. The normalized spacial score (nSPS) is 10.2. The van der Waals surface area contributed by atoms with E-state index < -0.39 is 11.9 Å². The third-order valence-corrected chi connectivity index (χ3v) is 2.76. The van der Waals surface area contributed by atoms with Crippen LogP contribution in [-0.2, 0) is 0 Å². The number of benzene rings is 1. The molecule has 1 aromatic rings. The number of carboxylic acid groups (broad SMARTS) is 2. The predicted molar refractivity (Wildman–Crippen MR) is 73.2 cm³/mol. The largest absolute Gasteiger partial charge is 0.478 e. The fourth-order valence-corrected chi connectivity index (χ4v) is 1.95. The van der Waals surface area contributed by atoms with Gasteiger partial charge in [-0.05, 0) is 31.0 Å². The molecule has 1 aromatic carbocycles. The maximum atomic E-state index is 11.1. The Hall–Kier alpha value is -2.04. The molecule has 0 unspecified atom stereocenters. The van der Waals surface area contributed by atoms with Gasteiger partial charge in [-0.3, -0.25) is 0 Å². The fraction of sp³-hybridized carbons (Fsp3) is 0.429. The summed E-state index contributed by atoms with van der Waals surface area (Å²) in [6.45, 7) is 5.61. The summed E-state index contributed by atoms with van der Waals surface area (Å²) < 4.78 is 0. The molecule has 0 bridgehead atoms. The Morgan fingerprint density at radius 1 is 0.947 bits per heavy atom. The first kappa shape index (κ1) is 15.0. The predicted octanol–water partition coefficient (Wildman–Crippen LogP) is 2.71. The molecule has 5 nitrogen and oxygen atoms in total. The molecule has 0 radical (unpaired) electrons. The van der Waals surface area contributed by atoms with Crippen molar-refractivity contribution in [2.45, 2.75) is 26.7 Å². The van der Waals surface area contributed by atoms with E-state index in [0.717, 1.165) is 25.9 Å². The van der Waals surface area contributed by atoms with Crippen LogP contribution in [0.2, 0.25) is 0 Å². The summed E-state index contributed by atoms with van der Waals surface area (Å²) in [5.41, 5.74) is 0.667. The Morgan fingerprint density at radius 3 is 1.68 bits per heavy atom. The topological polar surface area (TPSA) is 77.8 Å². The minimum atomic E-state index is -1.11. The Balaban J connectivity index is 3.23. The van der Waals surface area contributed by atoms with E-state index in [1.807, 2.05) is 18.7 Å². The van der Waals surface area contributed by atoms with E-state index >= 15 is 0 Å². The number of hydrogen-bond acceptors (Lipinski definition) is 3. The van der Waals surface area contributed by atoms with E-state index in [-0.39, 0.29) is 11.1 Å². The van der Waals surface area contributed by atoms with Crippen molar-refractivity contribution in [2.24, 2.45) is 0 Å². The Kier molecular flexibility index (Phi) is 5.36. The van der Waals surface area contributed by atoms with Gasteiger partial charge in [0.1, 0.15) is 0 Å². The maximum Gasteiger partial charge on any atom is 0.335 e. The molecule has 0 heterocycles. The van der Waals surface area contributed by atoms with Crippen LogP contribution in [0.25, 0.3) is 0 Å². The highest BCUT2D eigenvalue weighted by Gasteiger charge is 2.14. The van der Waals surface area contributed by atoms with Gasteiger partial charge in [-0.2, -0.15) is 0 Å². The highest BCUT2D eigenvalue weighted by atomic mass is 16.4. The van der Waals surface area contributed by atoms with Gasteiger partial charge in [0.2, 0.25) is 0 Å². The van der Waals surface area contributed by atoms with Crippen molar-refractivity contribution in [1.82, 2.24) is 0 Å². The monoisotopic (exact) mass is 265 g/mol. The Labute approximate surface area is 112 Å². The summed E-state index contributed by atoms with van der Waals surface area (Å²) in [4.78, 5) is 24.1. The fourth-order valence-electron chi connectivity index (χ4n) is 1.95. The summed E-state index contributed by atoms with van der Waals surface area (Å²) >= 11 is 0. The number of anilines is 1. The second-order valence-corrected chi connectivity index (χ2v) is 4.37. The summed E-state index contributed by atoms with van der Waals surface area (Å²) in [5.74, 6) is -2.23. The van der Waals surface area contributed by atoms with E-state index in [4.69, 9.17) is 10.2 Å². The molecule has 0 aliphatic carbocycles. The molecule has 19 heavy (non-hydrogen) atoms. The molecule has 104 valence electrons. The Morgan fingerprint density at radius 2 is 1.37 bits per heavy atom. The zero-order valence-electron chi connectivity index (χ0n) is 11.2. The zero-order valence-corrected chi connectivity index (χ0v) is 11.2. The molecule has 0 aliphatic rings. The minimum Gasteiger partial charge on any atom is -0.478 e. The van der Waals surface area contributed by atoms with Gasteiger partial charge in [0, 0.05) is 18.8 Å². The van der Waals surface area contributed by atoms with Crippen molar-refractivity contribution < 1.29 is 19.8 Å². The highest BCUT2D eigenvalue weighted by molar-refractivity contribution is 5.95. The number of hydrogen-bond donors (Lipinski definition) is 2. The van der Waals surface area contributed by atoms with Gasteiger partial charge in [-0.1, -0.05) is 13.8 Å². The van der Waals surface area contributed by atoms with E-state index in [0.29, 0.717) is 5.69 Å². The van der Waals surface area contributed by atoms with Gasteiger partial charge < -0.3 is 15.1 Å². The highest BCUT2D eigenvalue weighted by Crippen LogP contribution is 2.20.